The lowest BCUT2D eigenvalue weighted by Crippen LogP contribution is -2.57. The number of allylic oxidation sites excluding steroid dienone is 1. The fraction of sp³-hybridized carbons (Fsp3) is 0.689. The van der Waals surface area contributed by atoms with E-state index in [0.717, 1.165) is 38.5 Å². The lowest BCUT2D eigenvalue weighted by atomic mass is 9.82. The highest BCUT2D eigenvalue weighted by molar-refractivity contribution is 5.95. The number of esters is 3. The maximum atomic E-state index is 14.2. The van der Waals surface area contributed by atoms with Crippen LogP contribution in [0.3, 0.4) is 0 Å². The molecule has 0 aromatic heterocycles. The smallest absolute Gasteiger partial charge is 0.340 e. The van der Waals surface area contributed by atoms with Crippen LogP contribution in [0.2, 0.25) is 0 Å². The van der Waals surface area contributed by atoms with Crippen molar-refractivity contribution >= 4 is 23.8 Å². The molecule has 0 spiro atoms. The van der Waals surface area contributed by atoms with E-state index < -0.39 is 59.0 Å². The van der Waals surface area contributed by atoms with Crippen LogP contribution in [-0.2, 0) is 44.5 Å². The van der Waals surface area contributed by atoms with Crippen molar-refractivity contribution in [2.24, 2.45) is 5.92 Å². The molecule has 0 aliphatic heterocycles. The summed E-state index contributed by atoms with van der Waals surface area (Å²) >= 11 is 0. The number of ether oxygens (including phenoxy) is 5. The first kappa shape index (κ1) is 50.1. The first-order chi connectivity index (χ1) is 26.4. The molecule has 0 bridgehead atoms. The molecule has 4 atom stereocenters. The number of hydrogen-bond donors (Lipinski definition) is 2. The number of aliphatic hydroxyl groups is 1. The summed E-state index contributed by atoms with van der Waals surface area (Å²) < 4.78 is 27.4. The van der Waals surface area contributed by atoms with Crippen molar-refractivity contribution in [3.8, 4) is 17.6 Å². The number of unbranched alkanes of at least 4 members (excludes halogenated alkanes) is 8. The molecular formula is C45H71NO10. The van der Waals surface area contributed by atoms with Crippen molar-refractivity contribution in [2.45, 2.75) is 174 Å². The summed E-state index contributed by atoms with van der Waals surface area (Å²) in [5, 5.41) is 14.9. The molecule has 0 radical (unpaired) electrons. The van der Waals surface area contributed by atoms with E-state index in [4.69, 9.17) is 23.7 Å². The molecule has 1 aromatic carbocycles. The van der Waals surface area contributed by atoms with Crippen molar-refractivity contribution in [3.63, 3.8) is 0 Å². The average molecular weight is 786 g/mol. The minimum atomic E-state index is -2.68. The summed E-state index contributed by atoms with van der Waals surface area (Å²) in [6, 6.07) is 5.75. The summed E-state index contributed by atoms with van der Waals surface area (Å²) in [5.41, 5.74) is -3.99. The number of nitrogens with one attached hydrogen (secondary N) is 1. The first-order valence-electron chi connectivity index (χ1n) is 20.3. The van der Waals surface area contributed by atoms with Crippen molar-refractivity contribution in [1.82, 2.24) is 5.32 Å². The average Bonchev–Trinajstić information content (AvgIpc) is 3.11. The Morgan fingerprint density at radius 3 is 1.96 bits per heavy atom. The molecule has 0 saturated carbocycles. The molecule has 0 heterocycles. The van der Waals surface area contributed by atoms with Gasteiger partial charge in [0.15, 0.2) is 5.60 Å². The van der Waals surface area contributed by atoms with Gasteiger partial charge in [0.1, 0.15) is 29.6 Å². The summed E-state index contributed by atoms with van der Waals surface area (Å²) in [7, 11) is 2.98. The zero-order valence-corrected chi connectivity index (χ0v) is 35.9. The van der Waals surface area contributed by atoms with Crippen LogP contribution in [0, 0.1) is 17.8 Å². The third-order valence-corrected chi connectivity index (χ3v) is 8.97. The second-order valence-electron chi connectivity index (χ2n) is 16.3. The Morgan fingerprint density at radius 2 is 1.43 bits per heavy atom. The quantitative estimate of drug-likeness (QED) is 0.0312. The van der Waals surface area contributed by atoms with E-state index in [1.54, 1.807) is 85.9 Å². The fourth-order valence-corrected chi connectivity index (χ4v) is 6.06. The Hall–Kier alpha value is -3.88. The molecular weight excluding hydrogens is 714 g/mol. The van der Waals surface area contributed by atoms with Crippen LogP contribution >= 0.6 is 0 Å². The van der Waals surface area contributed by atoms with Crippen LogP contribution < -0.4 is 10.1 Å². The Morgan fingerprint density at radius 1 is 0.839 bits per heavy atom. The van der Waals surface area contributed by atoms with Crippen molar-refractivity contribution in [1.29, 1.82) is 0 Å². The Balaban J connectivity index is 3.28. The largest absolute Gasteiger partial charge is 0.481 e. The van der Waals surface area contributed by atoms with Gasteiger partial charge in [0, 0.05) is 13.5 Å². The predicted octanol–water partition coefficient (Wildman–Crippen LogP) is 7.98. The van der Waals surface area contributed by atoms with Crippen LogP contribution in [0.4, 0.5) is 0 Å². The third-order valence-electron chi connectivity index (χ3n) is 8.97. The predicted molar refractivity (Wildman–Crippen MR) is 219 cm³/mol. The number of amides is 1. The minimum Gasteiger partial charge on any atom is -0.481 e. The highest BCUT2D eigenvalue weighted by Crippen LogP contribution is 2.30. The summed E-state index contributed by atoms with van der Waals surface area (Å²) in [4.78, 5) is 54.3. The van der Waals surface area contributed by atoms with Gasteiger partial charge in [-0.2, -0.15) is 0 Å². The number of methoxy groups -OCH3 is 2. The van der Waals surface area contributed by atoms with E-state index in [2.05, 4.69) is 24.1 Å². The number of carbonyl (C=O) groups excluding carboxylic acids is 4. The Labute approximate surface area is 337 Å². The molecule has 11 heteroatoms. The second-order valence-corrected chi connectivity index (χ2v) is 16.3. The van der Waals surface area contributed by atoms with Gasteiger partial charge < -0.3 is 34.1 Å². The van der Waals surface area contributed by atoms with E-state index >= 15 is 0 Å². The molecule has 316 valence electrons. The molecule has 1 amide bonds. The van der Waals surface area contributed by atoms with E-state index in [-0.39, 0.29) is 19.1 Å². The maximum Gasteiger partial charge on any atom is 0.340 e. The molecule has 56 heavy (non-hydrogen) atoms. The summed E-state index contributed by atoms with van der Waals surface area (Å²) in [6.07, 6.45) is 15.2. The number of rotatable bonds is 26. The van der Waals surface area contributed by atoms with Crippen LogP contribution in [0.5, 0.6) is 5.75 Å². The van der Waals surface area contributed by atoms with Gasteiger partial charge in [-0.3, -0.25) is 9.59 Å². The fourth-order valence-electron chi connectivity index (χ4n) is 6.06. The lowest BCUT2D eigenvalue weighted by Gasteiger charge is -2.35. The molecule has 0 aliphatic rings. The van der Waals surface area contributed by atoms with Gasteiger partial charge in [0.25, 0.3) is 0 Å². The van der Waals surface area contributed by atoms with Gasteiger partial charge in [0.05, 0.1) is 25.6 Å². The minimum absolute atomic E-state index is 0.0314. The van der Waals surface area contributed by atoms with Crippen molar-refractivity contribution in [2.75, 3.05) is 20.8 Å². The van der Waals surface area contributed by atoms with Crippen molar-refractivity contribution in [3.05, 3.63) is 42.0 Å². The van der Waals surface area contributed by atoms with Crippen LogP contribution in [0.25, 0.3) is 0 Å². The summed E-state index contributed by atoms with van der Waals surface area (Å²) in [6.45, 7) is 14.0. The van der Waals surface area contributed by atoms with Gasteiger partial charge in [-0.1, -0.05) is 88.5 Å². The van der Waals surface area contributed by atoms with Crippen LogP contribution in [0.1, 0.15) is 144 Å². The zero-order valence-electron chi connectivity index (χ0n) is 35.9. The van der Waals surface area contributed by atoms with Crippen molar-refractivity contribution < 1.29 is 48.0 Å². The molecule has 1 unspecified atom stereocenters. The van der Waals surface area contributed by atoms with E-state index in [1.807, 2.05) is 0 Å². The van der Waals surface area contributed by atoms with E-state index in [9.17, 15) is 24.3 Å². The first-order valence-corrected chi connectivity index (χ1v) is 20.3. The number of hydrogen-bond acceptors (Lipinski definition) is 10. The van der Waals surface area contributed by atoms with Gasteiger partial charge in [-0.15, -0.1) is 5.92 Å². The molecule has 11 nitrogen and oxygen atoms in total. The van der Waals surface area contributed by atoms with Gasteiger partial charge in [-0.05, 0) is 91.8 Å². The Bertz CT molecular complexity index is 1410. The molecule has 0 saturated heterocycles. The standard InChI is InChI=1S/C45H71NO10/c1-11-13-15-18-21-24-35(52-9)25-22-19-16-17-20-23-26-37(45(51,42(50)56-44(6,7)8)33-39(47)55-43(3,4)5)40(48)46-38(41(49)53-10)32-34-27-29-36(30-28-34)54-31-14-12-2/h23,26-30,35,37-38,51H,11,13,15-22,24-25,31-33H2,1-10H3,(H,46,48)/t35?,37-,38+,45+/m1/s1. The normalized spacial score (nSPS) is 14.4. The molecule has 1 aromatic rings. The van der Waals surface area contributed by atoms with E-state index in [1.165, 1.54) is 45.3 Å². The highest BCUT2D eigenvalue weighted by atomic mass is 16.6. The van der Waals surface area contributed by atoms with Gasteiger partial charge in [-0.25, -0.2) is 9.59 Å². The SMILES string of the molecule is CC#CCOc1ccc(C[C@H](NC(=O)[C@@H](C=CCCCCCCC(CCCCCCC)OC)[C@@](O)(CC(=O)OC(C)(C)C)C(=O)OC(C)(C)C)C(=O)OC)cc1. The second kappa shape index (κ2) is 26.1. The third kappa shape index (κ3) is 20.9. The lowest BCUT2D eigenvalue weighted by molar-refractivity contribution is -0.190. The molecule has 2 N–H and O–H groups in total. The topological polar surface area (TPSA) is 147 Å². The zero-order chi connectivity index (χ0) is 42.2. The number of benzene rings is 1. The summed E-state index contributed by atoms with van der Waals surface area (Å²) in [5.74, 6) is 0.863. The molecule has 1 rings (SSSR count). The van der Waals surface area contributed by atoms with Gasteiger partial charge >= 0.3 is 17.9 Å². The van der Waals surface area contributed by atoms with E-state index in [0.29, 0.717) is 17.7 Å². The number of carbonyl (C=O) groups is 4. The Kier molecular flexibility index (Phi) is 23.4. The molecule has 0 aliphatic carbocycles. The van der Waals surface area contributed by atoms with Crippen LogP contribution in [-0.4, -0.2) is 78.7 Å². The molecule has 0 fully saturated rings. The highest BCUT2D eigenvalue weighted by Gasteiger charge is 2.52. The van der Waals surface area contributed by atoms with Gasteiger partial charge in [0.2, 0.25) is 5.91 Å². The maximum absolute atomic E-state index is 14.2. The van der Waals surface area contributed by atoms with Crippen LogP contribution in [0.15, 0.2) is 36.4 Å². The monoisotopic (exact) mass is 786 g/mol.